The molecule has 46 valence electrons. The van der Waals surface area contributed by atoms with Gasteiger partial charge in [-0.15, -0.1) is 6.58 Å². The van der Waals surface area contributed by atoms with Crippen LogP contribution in [0.25, 0.3) is 0 Å². The Bertz CT molecular complexity index is 78.6. The van der Waals surface area contributed by atoms with Gasteiger partial charge in [0.05, 0.1) is 13.2 Å². The van der Waals surface area contributed by atoms with Crippen molar-refractivity contribution in [3.8, 4) is 0 Å². The normalized spacial score (nSPS) is 25.2. The first-order valence-corrected chi connectivity index (χ1v) is 3.78. The van der Waals surface area contributed by atoms with E-state index in [4.69, 9.17) is 4.74 Å². The first-order chi connectivity index (χ1) is 3.93. The second-order valence-electron chi connectivity index (χ2n) is 1.78. The number of hydrogen-bond acceptors (Lipinski definition) is 2. The zero-order valence-corrected chi connectivity index (χ0v) is 5.62. The van der Waals surface area contributed by atoms with Crippen LogP contribution in [0.4, 0.5) is 0 Å². The van der Waals surface area contributed by atoms with Crippen molar-refractivity contribution in [1.29, 1.82) is 0 Å². The van der Waals surface area contributed by atoms with Crippen LogP contribution >= 0.6 is 11.8 Å². The Hall–Kier alpha value is 0.0500. The molecule has 0 aromatic carbocycles. The molecule has 1 nitrogen and oxygen atoms in total. The molecule has 0 spiro atoms. The molecule has 8 heavy (non-hydrogen) atoms. The van der Waals surface area contributed by atoms with Crippen molar-refractivity contribution < 1.29 is 4.74 Å². The summed E-state index contributed by atoms with van der Waals surface area (Å²) < 4.78 is 5.17. The second kappa shape index (κ2) is 3.15. The first kappa shape index (κ1) is 6.17. The standard InChI is InChI=1S/C6H10OS/c1-2-3-7-4-6-5-8-6/h2,6H,1,3-5H2. The topological polar surface area (TPSA) is 9.23 Å². The van der Waals surface area contributed by atoms with Crippen LogP contribution in [0.15, 0.2) is 12.7 Å². The fraction of sp³-hybridized carbons (Fsp3) is 0.667. The summed E-state index contributed by atoms with van der Waals surface area (Å²) >= 11 is 1.96. The first-order valence-electron chi connectivity index (χ1n) is 2.73. The van der Waals surface area contributed by atoms with Gasteiger partial charge in [0.25, 0.3) is 0 Å². The molecule has 0 bridgehead atoms. The lowest BCUT2D eigenvalue weighted by Gasteiger charge is -1.93. The van der Waals surface area contributed by atoms with Crippen molar-refractivity contribution in [1.82, 2.24) is 0 Å². The van der Waals surface area contributed by atoms with Gasteiger partial charge in [-0.25, -0.2) is 0 Å². The third kappa shape index (κ3) is 2.38. The van der Waals surface area contributed by atoms with Crippen molar-refractivity contribution in [2.24, 2.45) is 0 Å². The van der Waals surface area contributed by atoms with E-state index in [2.05, 4.69) is 6.58 Å². The average molecular weight is 130 g/mol. The molecule has 1 atom stereocenters. The van der Waals surface area contributed by atoms with Gasteiger partial charge in [0.2, 0.25) is 0 Å². The molecule has 0 radical (unpaired) electrons. The molecule has 0 aromatic rings. The smallest absolute Gasteiger partial charge is 0.0645 e. The van der Waals surface area contributed by atoms with Gasteiger partial charge >= 0.3 is 0 Å². The summed E-state index contributed by atoms with van der Waals surface area (Å²) in [7, 11) is 0. The van der Waals surface area contributed by atoms with Crippen molar-refractivity contribution in [2.75, 3.05) is 19.0 Å². The van der Waals surface area contributed by atoms with Gasteiger partial charge in [0, 0.05) is 11.0 Å². The molecule has 1 heterocycles. The molecule has 1 unspecified atom stereocenters. The van der Waals surface area contributed by atoms with E-state index >= 15 is 0 Å². The largest absolute Gasteiger partial charge is 0.376 e. The zero-order chi connectivity index (χ0) is 5.82. The molecular weight excluding hydrogens is 120 g/mol. The Kier molecular flexibility index (Phi) is 2.43. The zero-order valence-electron chi connectivity index (χ0n) is 4.80. The van der Waals surface area contributed by atoms with Gasteiger partial charge in [-0.3, -0.25) is 0 Å². The van der Waals surface area contributed by atoms with E-state index in [0.29, 0.717) is 6.61 Å². The number of thioether (sulfide) groups is 1. The Morgan fingerprint density at radius 3 is 3.12 bits per heavy atom. The van der Waals surface area contributed by atoms with E-state index in [0.717, 1.165) is 11.9 Å². The van der Waals surface area contributed by atoms with E-state index in [1.54, 1.807) is 6.08 Å². The fourth-order valence-corrected chi connectivity index (χ4v) is 0.872. The molecule has 1 rings (SSSR count). The average Bonchev–Trinajstić information content (AvgIpc) is 2.51. The highest BCUT2D eigenvalue weighted by molar-refractivity contribution is 8.06. The van der Waals surface area contributed by atoms with Gasteiger partial charge in [0.1, 0.15) is 0 Å². The predicted octanol–water partition coefficient (Wildman–Crippen LogP) is 1.30. The van der Waals surface area contributed by atoms with Crippen molar-refractivity contribution >= 4 is 11.8 Å². The summed E-state index contributed by atoms with van der Waals surface area (Å²) in [6.45, 7) is 5.16. The minimum absolute atomic E-state index is 0.705. The molecule has 0 saturated carbocycles. The van der Waals surface area contributed by atoms with E-state index in [9.17, 15) is 0 Å². The number of rotatable bonds is 4. The van der Waals surface area contributed by atoms with Crippen LogP contribution in [0, 0.1) is 0 Å². The highest BCUT2D eigenvalue weighted by atomic mass is 32.2. The Balaban J connectivity index is 1.80. The molecule has 1 saturated heterocycles. The van der Waals surface area contributed by atoms with Crippen LogP contribution in [0.3, 0.4) is 0 Å². The molecule has 0 aliphatic carbocycles. The quantitative estimate of drug-likeness (QED) is 0.322. The van der Waals surface area contributed by atoms with Gasteiger partial charge in [0.15, 0.2) is 0 Å². The van der Waals surface area contributed by atoms with Gasteiger partial charge < -0.3 is 4.74 Å². The SMILES string of the molecule is C=CCOCC1CS1. The summed E-state index contributed by atoms with van der Waals surface area (Å²) in [5, 5.41) is 0.801. The second-order valence-corrected chi connectivity index (χ2v) is 3.11. The maximum Gasteiger partial charge on any atom is 0.0645 e. The third-order valence-corrected chi connectivity index (χ3v) is 1.88. The molecular formula is C6H10OS. The minimum atomic E-state index is 0.705. The maximum absolute atomic E-state index is 5.17. The minimum Gasteiger partial charge on any atom is -0.376 e. The van der Waals surface area contributed by atoms with Gasteiger partial charge in [-0.1, -0.05) is 6.08 Å². The van der Waals surface area contributed by atoms with Gasteiger partial charge in [-0.2, -0.15) is 11.8 Å². The predicted molar refractivity (Wildman–Crippen MR) is 37.3 cm³/mol. The lowest BCUT2D eigenvalue weighted by Crippen LogP contribution is -1.98. The lowest BCUT2D eigenvalue weighted by molar-refractivity contribution is 0.171. The highest BCUT2D eigenvalue weighted by Gasteiger charge is 2.21. The summed E-state index contributed by atoms with van der Waals surface area (Å²) in [4.78, 5) is 0. The molecule has 1 aliphatic heterocycles. The Morgan fingerprint density at radius 1 is 1.88 bits per heavy atom. The molecule has 0 aromatic heterocycles. The van der Waals surface area contributed by atoms with Crippen LogP contribution < -0.4 is 0 Å². The summed E-state index contributed by atoms with van der Waals surface area (Å²) in [6, 6.07) is 0. The summed E-state index contributed by atoms with van der Waals surface area (Å²) in [6.07, 6.45) is 1.78. The van der Waals surface area contributed by atoms with Crippen LogP contribution in [-0.4, -0.2) is 24.2 Å². The van der Waals surface area contributed by atoms with Crippen molar-refractivity contribution in [2.45, 2.75) is 5.25 Å². The summed E-state index contributed by atoms with van der Waals surface area (Å²) in [5.41, 5.74) is 0. The van der Waals surface area contributed by atoms with Gasteiger partial charge in [-0.05, 0) is 0 Å². The van der Waals surface area contributed by atoms with E-state index in [1.807, 2.05) is 11.8 Å². The van der Waals surface area contributed by atoms with E-state index in [1.165, 1.54) is 5.75 Å². The van der Waals surface area contributed by atoms with Crippen LogP contribution in [0.5, 0.6) is 0 Å². The Morgan fingerprint density at radius 2 is 2.62 bits per heavy atom. The summed E-state index contributed by atoms with van der Waals surface area (Å²) in [5.74, 6) is 1.29. The van der Waals surface area contributed by atoms with Crippen LogP contribution in [-0.2, 0) is 4.74 Å². The molecule has 1 fully saturated rings. The monoisotopic (exact) mass is 130 g/mol. The fourth-order valence-electron chi connectivity index (χ4n) is 0.447. The van der Waals surface area contributed by atoms with E-state index < -0.39 is 0 Å². The highest BCUT2D eigenvalue weighted by Crippen LogP contribution is 2.29. The third-order valence-electron chi connectivity index (χ3n) is 0.942. The molecule has 2 heteroatoms. The molecule has 0 N–H and O–H groups in total. The van der Waals surface area contributed by atoms with Crippen molar-refractivity contribution in [3.63, 3.8) is 0 Å². The number of ether oxygens (including phenoxy) is 1. The maximum atomic E-state index is 5.17. The molecule has 1 aliphatic rings. The van der Waals surface area contributed by atoms with E-state index in [-0.39, 0.29) is 0 Å². The van der Waals surface area contributed by atoms with Crippen LogP contribution in [0.1, 0.15) is 0 Å². The Labute approximate surface area is 54.1 Å². The molecule has 0 amide bonds. The van der Waals surface area contributed by atoms with Crippen LogP contribution in [0.2, 0.25) is 0 Å². The van der Waals surface area contributed by atoms with Crippen molar-refractivity contribution in [3.05, 3.63) is 12.7 Å². The number of hydrogen-bond donors (Lipinski definition) is 0. The lowest BCUT2D eigenvalue weighted by atomic mass is 10.5.